The molecule has 0 aliphatic carbocycles. The summed E-state index contributed by atoms with van der Waals surface area (Å²) in [6.45, 7) is 4.30. The Morgan fingerprint density at radius 3 is 2.12 bits per heavy atom. The van der Waals surface area contributed by atoms with Crippen LogP contribution in [0.1, 0.15) is 44.6 Å². The fourth-order valence-corrected chi connectivity index (χ4v) is 2.04. The smallest absolute Gasteiger partial charge is 0.111 e. The molecule has 1 atom stereocenters. The highest BCUT2D eigenvalue weighted by molar-refractivity contribution is 6.62. The third-order valence-electron chi connectivity index (χ3n) is 3.08. The highest BCUT2D eigenvalue weighted by atomic mass is 14.1. The number of hydrogen-bond acceptors (Lipinski definition) is 0. The van der Waals surface area contributed by atoms with Crippen LogP contribution in [0, 0.1) is 0 Å². The van der Waals surface area contributed by atoms with Crippen LogP contribution >= 0.6 is 0 Å². The highest BCUT2D eigenvalue weighted by Crippen LogP contribution is 2.21. The summed E-state index contributed by atoms with van der Waals surface area (Å²) in [5.41, 5.74) is 2.97. The van der Waals surface area contributed by atoms with E-state index in [1.54, 1.807) is 0 Å². The third kappa shape index (κ3) is 2.59. The van der Waals surface area contributed by atoms with E-state index in [4.69, 9.17) is 31.4 Å². The summed E-state index contributed by atoms with van der Waals surface area (Å²) in [6, 6.07) is 1.87. The van der Waals surface area contributed by atoms with Gasteiger partial charge < -0.3 is 0 Å². The van der Waals surface area contributed by atoms with Gasteiger partial charge in [-0.05, 0) is 18.8 Å². The van der Waals surface area contributed by atoms with Crippen LogP contribution in [0.15, 0.2) is 6.07 Å². The largest absolute Gasteiger partial charge is 0.113 e. The molecule has 0 bridgehead atoms. The van der Waals surface area contributed by atoms with Gasteiger partial charge in [-0.3, -0.25) is 0 Å². The van der Waals surface area contributed by atoms with Crippen LogP contribution in [0.2, 0.25) is 0 Å². The van der Waals surface area contributed by atoms with E-state index in [0.29, 0.717) is 27.8 Å². The zero-order valence-corrected chi connectivity index (χ0v) is 10.1. The van der Waals surface area contributed by atoms with Crippen LogP contribution in [0.25, 0.3) is 0 Å². The van der Waals surface area contributed by atoms with Crippen LogP contribution in [-0.4, -0.2) is 31.4 Å². The molecule has 0 amide bonds. The zero-order chi connectivity index (χ0) is 12.3. The summed E-state index contributed by atoms with van der Waals surface area (Å²) < 4.78 is 0. The maximum Gasteiger partial charge on any atom is 0.113 e. The van der Waals surface area contributed by atoms with Gasteiger partial charge in [0.1, 0.15) is 31.4 Å². The van der Waals surface area contributed by atoms with Gasteiger partial charge in [0.15, 0.2) is 0 Å². The van der Waals surface area contributed by atoms with Crippen molar-refractivity contribution >= 4 is 53.2 Å². The molecule has 1 rings (SSSR count). The molecule has 0 spiro atoms. The highest BCUT2D eigenvalue weighted by Gasteiger charge is 2.13. The monoisotopic (exact) mass is 202 g/mol. The molecule has 0 saturated carbocycles. The molecule has 4 heteroatoms. The van der Waals surface area contributed by atoms with Crippen molar-refractivity contribution in [3.63, 3.8) is 0 Å². The minimum atomic E-state index is 0.396. The van der Waals surface area contributed by atoms with E-state index < -0.39 is 0 Å². The molecule has 0 fully saturated rings. The predicted molar refractivity (Wildman–Crippen MR) is 75.9 cm³/mol. The van der Waals surface area contributed by atoms with Crippen molar-refractivity contribution < 1.29 is 0 Å². The van der Waals surface area contributed by atoms with E-state index in [2.05, 4.69) is 13.8 Å². The van der Waals surface area contributed by atoms with Crippen molar-refractivity contribution in [1.29, 1.82) is 0 Å². The van der Waals surface area contributed by atoms with Crippen molar-refractivity contribution in [3.05, 3.63) is 11.6 Å². The van der Waals surface area contributed by atoms with Crippen molar-refractivity contribution in [3.8, 4) is 0 Å². The molecule has 0 saturated heterocycles. The molecular weight excluding hydrogens is 187 g/mol. The van der Waals surface area contributed by atoms with E-state index in [9.17, 15) is 0 Å². The molecule has 0 aliphatic heterocycles. The molecule has 0 aromatic heterocycles. The number of hydrogen-bond donors (Lipinski definition) is 0. The molecular formula is C12H14B4. The fourth-order valence-electron chi connectivity index (χ4n) is 2.04. The first-order valence-corrected chi connectivity index (χ1v) is 5.75. The van der Waals surface area contributed by atoms with Crippen molar-refractivity contribution in [2.45, 2.75) is 39.0 Å². The summed E-state index contributed by atoms with van der Waals surface area (Å²) in [7, 11) is 23.4. The van der Waals surface area contributed by atoms with Gasteiger partial charge in [0.05, 0.1) is 0 Å². The average molecular weight is 201 g/mol. The Hall–Kier alpha value is -0.520. The van der Waals surface area contributed by atoms with Crippen LogP contribution in [0.4, 0.5) is 0 Å². The first kappa shape index (κ1) is 13.5. The Kier molecular flexibility index (Phi) is 4.83. The average Bonchev–Trinajstić information content (AvgIpc) is 2.28. The second kappa shape index (κ2) is 5.70. The Bertz CT molecular complexity index is 374. The van der Waals surface area contributed by atoms with Crippen LogP contribution in [0.3, 0.4) is 0 Å². The van der Waals surface area contributed by atoms with Crippen molar-refractivity contribution in [1.82, 2.24) is 0 Å². The molecule has 0 heterocycles. The topological polar surface area (TPSA) is 0 Å². The lowest BCUT2D eigenvalue weighted by Gasteiger charge is -2.22. The number of rotatable bonds is 4. The van der Waals surface area contributed by atoms with Gasteiger partial charge in [-0.15, -0.1) is 21.9 Å². The van der Waals surface area contributed by atoms with Crippen LogP contribution in [-0.2, 0) is 0 Å². The van der Waals surface area contributed by atoms with Crippen molar-refractivity contribution in [2.24, 2.45) is 0 Å². The number of benzene rings is 1. The molecule has 1 aromatic rings. The normalized spacial score (nSPS) is 12.6. The van der Waals surface area contributed by atoms with E-state index in [1.807, 2.05) is 6.07 Å². The van der Waals surface area contributed by atoms with Crippen molar-refractivity contribution in [2.75, 3.05) is 0 Å². The fraction of sp³-hybridized carbons (Fsp3) is 0.500. The third-order valence-corrected chi connectivity index (χ3v) is 3.08. The van der Waals surface area contributed by atoms with Crippen LogP contribution in [0.5, 0.6) is 0 Å². The molecule has 74 valence electrons. The first-order chi connectivity index (χ1) is 7.52. The zero-order valence-electron chi connectivity index (χ0n) is 10.1. The molecule has 1 aromatic carbocycles. The molecule has 0 N–H and O–H groups in total. The molecule has 0 nitrogen and oxygen atoms in total. The van der Waals surface area contributed by atoms with Gasteiger partial charge in [0.2, 0.25) is 0 Å². The van der Waals surface area contributed by atoms with Gasteiger partial charge >= 0.3 is 0 Å². The standard InChI is InChI=1S/C12H14B4/c1-3-5-7(4-2)8-6-9(13)11(15)12(16)10(8)14/h6-7H,3-5H2,1-2H3. The van der Waals surface area contributed by atoms with Gasteiger partial charge in [-0.25, -0.2) is 0 Å². The summed E-state index contributed by atoms with van der Waals surface area (Å²) in [5, 5.41) is 0. The minimum absolute atomic E-state index is 0.396. The second-order valence-corrected chi connectivity index (χ2v) is 4.19. The summed E-state index contributed by atoms with van der Waals surface area (Å²) in [4.78, 5) is 0. The Morgan fingerprint density at radius 2 is 1.62 bits per heavy atom. The van der Waals surface area contributed by atoms with E-state index in [1.165, 1.54) is 0 Å². The molecule has 16 heavy (non-hydrogen) atoms. The molecule has 1 unspecified atom stereocenters. The van der Waals surface area contributed by atoms with E-state index in [0.717, 1.165) is 24.8 Å². The molecule has 8 radical (unpaired) electrons. The van der Waals surface area contributed by atoms with Gasteiger partial charge in [0, 0.05) is 0 Å². The molecule has 0 aliphatic rings. The SMILES string of the molecule is [B]c1cc(C(CC)CCC)c([B])c([B])c1[B]. The Balaban J connectivity index is 3.22. The van der Waals surface area contributed by atoms with Gasteiger partial charge in [-0.1, -0.05) is 31.9 Å². The first-order valence-electron chi connectivity index (χ1n) is 5.75. The predicted octanol–water partition coefficient (Wildman–Crippen LogP) is -0.844. The summed E-state index contributed by atoms with van der Waals surface area (Å²) >= 11 is 0. The lowest BCUT2D eigenvalue weighted by atomic mass is 9.63. The minimum Gasteiger partial charge on any atom is -0.111 e. The Labute approximate surface area is 104 Å². The maximum absolute atomic E-state index is 6.00. The summed E-state index contributed by atoms with van der Waals surface area (Å²) in [6.07, 6.45) is 3.23. The van der Waals surface area contributed by atoms with E-state index >= 15 is 0 Å². The summed E-state index contributed by atoms with van der Waals surface area (Å²) in [5.74, 6) is 0.412. The second-order valence-electron chi connectivity index (χ2n) is 4.19. The lowest BCUT2D eigenvalue weighted by Crippen LogP contribution is -2.49. The maximum atomic E-state index is 6.00. The van der Waals surface area contributed by atoms with Gasteiger partial charge in [0.25, 0.3) is 0 Å². The van der Waals surface area contributed by atoms with E-state index in [-0.39, 0.29) is 0 Å². The lowest BCUT2D eigenvalue weighted by molar-refractivity contribution is 0.599. The van der Waals surface area contributed by atoms with Gasteiger partial charge in [-0.2, -0.15) is 0 Å². The van der Waals surface area contributed by atoms with Crippen LogP contribution < -0.4 is 21.9 Å². The Morgan fingerprint density at radius 1 is 1.00 bits per heavy atom. The quantitative estimate of drug-likeness (QED) is 0.557.